The molecule has 2 aliphatic heterocycles. The van der Waals surface area contributed by atoms with E-state index in [4.69, 9.17) is 4.74 Å². The molecule has 8 heteroatoms. The molecular formula is C17H19FN2O5. The van der Waals surface area contributed by atoms with Gasteiger partial charge in [0.25, 0.3) is 0 Å². The van der Waals surface area contributed by atoms with Crippen LogP contribution in [0.1, 0.15) is 18.4 Å². The Labute approximate surface area is 144 Å². The van der Waals surface area contributed by atoms with Crippen molar-refractivity contribution >= 4 is 23.5 Å². The molecule has 0 bridgehead atoms. The van der Waals surface area contributed by atoms with Gasteiger partial charge in [0.2, 0.25) is 11.8 Å². The highest BCUT2D eigenvalue weighted by atomic mass is 19.1. The number of amides is 2. The normalized spacial score (nSPS) is 20.4. The topological polar surface area (TPSA) is 87.2 Å². The first-order valence-corrected chi connectivity index (χ1v) is 8.16. The van der Waals surface area contributed by atoms with E-state index in [0.29, 0.717) is 18.7 Å². The lowest BCUT2D eigenvalue weighted by Gasteiger charge is -2.34. The number of halogens is 1. The van der Waals surface area contributed by atoms with E-state index in [1.54, 1.807) is 6.07 Å². The Morgan fingerprint density at radius 1 is 1.32 bits per heavy atom. The number of aryl methyl sites for hydroxylation is 1. The number of nitrogens with zero attached hydrogens (tertiary/aromatic N) is 2. The first-order valence-electron chi connectivity index (χ1n) is 8.16. The molecule has 25 heavy (non-hydrogen) atoms. The lowest BCUT2D eigenvalue weighted by atomic mass is 10.0. The van der Waals surface area contributed by atoms with Crippen LogP contribution in [-0.2, 0) is 25.5 Å². The van der Waals surface area contributed by atoms with E-state index in [-0.39, 0.29) is 50.2 Å². The summed E-state index contributed by atoms with van der Waals surface area (Å²) in [7, 11) is 0. The molecule has 0 aliphatic carbocycles. The zero-order chi connectivity index (χ0) is 18.0. The molecule has 2 amide bonds. The van der Waals surface area contributed by atoms with Crippen LogP contribution in [0.25, 0.3) is 0 Å². The fourth-order valence-corrected chi connectivity index (χ4v) is 3.23. The van der Waals surface area contributed by atoms with Gasteiger partial charge in [-0.25, -0.2) is 9.18 Å². The summed E-state index contributed by atoms with van der Waals surface area (Å²) in [6, 6.07) is 3.23. The molecule has 1 aromatic rings. The average molecular weight is 350 g/mol. The zero-order valence-electron chi connectivity index (χ0n) is 13.6. The summed E-state index contributed by atoms with van der Waals surface area (Å²) in [5.74, 6) is -1.92. The zero-order valence-corrected chi connectivity index (χ0v) is 13.6. The maximum Gasteiger partial charge on any atom is 0.328 e. The third-order valence-electron chi connectivity index (χ3n) is 4.52. The van der Waals surface area contributed by atoms with Gasteiger partial charge >= 0.3 is 5.97 Å². The van der Waals surface area contributed by atoms with Crippen LogP contribution in [0.2, 0.25) is 0 Å². The van der Waals surface area contributed by atoms with Gasteiger partial charge in [0.15, 0.2) is 6.04 Å². The highest BCUT2D eigenvalue weighted by molar-refractivity contribution is 5.97. The first kappa shape index (κ1) is 17.3. The predicted octanol–water partition coefficient (Wildman–Crippen LogP) is 0.807. The maximum atomic E-state index is 13.4. The second kappa shape index (κ2) is 7.18. The van der Waals surface area contributed by atoms with Crippen LogP contribution in [0.3, 0.4) is 0 Å². The van der Waals surface area contributed by atoms with Crippen LogP contribution < -0.4 is 4.90 Å². The number of fused-ring (bicyclic) bond motifs is 1. The fraction of sp³-hybridized carbons (Fsp3) is 0.471. The molecule has 1 atom stereocenters. The number of hydrogen-bond acceptors (Lipinski definition) is 4. The minimum atomic E-state index is -1.11. The molecule has 1 fully saturated rings. The molecule has 7 nitrogen and oxygen atoms in total. The van der Waals surface area contributed by atoms with Gasteiger partial charge in [-0.05, 0) is 30.2 Å². The Kier molecular flexibility index (Phi) is 4.98. The molecule has 3 rings (SSSR count). The summed E-state index contributed by atoms with van der Waals surface area (Å²) in [6.45, 7) is 0.609. The van der Waals surface area contributed by atoms with Gasteiger partial charge < -0.3 is 19.6 Å². The number of carbonyl (C=O) groups is 3. The second-order valence-corrected chi connectivity index (χ2v) is 6.08. The number of carbonyl (C=O) groups excluding carboxylic acids is 2. The number of rotatable bonds is 4. The Morgan fingerprint density at radius 3 is 2.88 bits per heavy atom. The Balaban J connectivity index is 1.69. The highest BCUT2D eigenvalue weighted by Crippen LogP contribution is 2.28. The molecule has 1 N–H and O–H groups in total. The van der Waals surface area contributed by atoms with E-state index in [2.05, 4.69) is 0 Å². The largest absolute Gasteiger partial charge is 0.480 e. The van der Waals surface area contributed by atoms with E-state index >= 15 is 0 Å². The van der Waals surface area contributed by atoms with Crippen molar-refractivity contribution in [1.82, 2.24) is 4.90 Å². The fourth-order valence-electron chi connectivity index (χ4n) is 3.23. The van der Waals surface area contributed by atoms with E-state index in [0.717, 1.165) is 5.56 Å². The smallest absolute Gasteiger partial charge is 0.328 e. The van der Waals surface area contributed by atoms with Crippen molar-refractivity contribution in [2.75, 3.05) is 31.2 Å². The van der Waals surface area contributed by atoms with Crippen LogP contribution in [0.5, 0.6) is 0 Å². The van der Waals surface area contributed by atoms with E-state index in [9.17, 15) is 23.9 Å². The average Bonchev–Trinajstić information content (AvgIpc) is 2.60. The first-order chi connectivity index (χ1) is 12.0. The summed E-state index contributed by atoms with van der Waals surface area (Å²) in [6.07, 6.45) is 0.743. The van der Waals surface area contributed by atoms with Crippen molar-refractivity contribution in [3.8, 4) is 0 Å². The third-order valence-corrected chi connectivity index (χ3v) is 4.52. The van der Waals surface area contributed by atoms with Crippen LogP contribution >= 0.6 is 0 Å². The number of benzene rings is 1. The van der Waals surface area contributed by atoms with Crippen LogP contribution in [0.15, 0.2) is 18.2 Å². The molecule has 0 aromatic heterocycles. The standard InChI is InChI=1S/C17H19FN2O5/c18-12-2-3-13-11(9-12)1-4-15(21)19(13)6-5-16(22)20-7-8-25-10-14(20)17(23)24/h2-3,9,14H,1,4-8,10H2,(H,23,24)/t14-/m0/s1. The third kappa shape index (κ3) is 3.63. The van der Waals surface area contributed by atoms with Gasteiger partial charge in [-0.1, -0.05) is 0 Å². The van der Waals surface area contributed by atoms with Crippen molar-refractivity contribution in [2.45, 2.75) is 25.3 Å². The summed E-state index contributed by atoms with van der Waals surface area (Å²) in [4.78, 5) is 38.6. The number of carboxylic acid groups (broad SMARTS) is 1. The van der Waals surface area contributed by atoms with Gasteiger partial charge in [-0.3, -0.25) is 9.59 Å². The van der Waals surface area contributed by atoms with Crippen molar-refractivity contribution in [3.63, 3.8) is 0 Å². The van der Waals surface area contributed by atoms with Crippen molar-refractivity contribution < 1.29 is 28.6 Å². The molecule has 0 unspecified atom stereocenters. The molecule has 1 aromatic carbocycles. The maximum absolute atomic E-state index is 13.4. The molecule has 0 radical (unpaired) electrons. The number of aliphatic carboxylic acids is 1. The Bertz CT molecular complexity index is 708. The minimum Gasteiger partial charge on any atom is -0.480 e. The molecule has 134 valence electrons. The van der Waals surface area contributed by atoms with Gasteiger partial charge in [0.1, 0.15) is 5.82 Å². The molecule has 0 saturated carbocycles. The van der Waals surface area contributed by atoms with Gasteiger partial charge in [0, 0.05) is 31.6 Å². The molecule has 0 spiro atoms. The van der Waals surface area contributed by atoms with E-state index < -0.39 is 12.0 Å². The second-order valence-electron chi connectivity index (χ2n) is 6.08. The molecular weight excluding hydrogens is 331 g/mol. The number of ether oxygens (including phenoxy) is 1. The Morgan fingerprint density at radius 2 is 2.12 bits per heavy atom. The van der Waals surface area contributed by atoms with Gasteiger partial charge in [-0.2, -0.15) is 0 Å². The van der Waals surface area contributed by atoms with Gasteiger partial charge in [0.05, 0.1) is 13.2 Å². The van der Waals surface area contributed by atoms with Crippen molar-refractivity contribution in [3.05, 3.63) is 29.6 Å². The highest BCUT2D eigenvalue weighted by Gasteiger charge is 2.33. The Hall–Kier alpha value is -2.48. The summed E-state index contributed by atoms with van der Waals surface area (Å²) in [5.41, 5.74) is 1.35. The predicted molar refractivity (Wildman–Crippen MR) is 85.6 cm³/mol. The molecule has 1 saturated heterocycles. The quantitative estimate of drug-likeness (QED) is 0.868. The lowest BCUT2D eigenvalue weighted by Crippen LogP contribution is -2.53. The summed E-state index contributed by atoms with van der Waals surface area (Å²) < 4.78 is 18.5. The number of carboxylic acids is 1. The minimum absolute atomic E-state index is 0.00629. The van der Waals surface area contributed by atoms with Crippen molar-refractivity contribution in [1.29, 1.82) is 0 Å². The summed E-state index contributed by atoms with van der Waals surface area (Å²) >= 11 is 0. The SMILES string of the molecule is O=C(O)[C@@H]1COCCN1C(=O)CCN1C(=O)CCc2cc(F)ccc21. The summed E-state index contributed by atoms with van der Waals surface area (Å²) in [5, 5.41) is 9.20. The van der Waals surface area contributed by atoms with E-state index in [1.165, 1.54) is 21.9 Å². The van der Waals surface area contributed by atoms with Crippen LogP contribution in [0.4, 0.5) is 10.1 Å². The monoisotopic (exact) mass is 350 g/mol. The molecule has 2 heterocycles. The number of anilines is 1. The number of morpholine rings is 1. The van der Waals surface area contributed by atoms with Crippen molar-refractivity contribution in [2.24, 2.45) is 0 Å². The van der Waals surface area contributed by atoms with Crippen LogP contribution in [0, 0.1) is 5.82 Å². The number of hydrogen-bond donors (Lipinski definition) is 1. The lowest BCUT2D eigenvalue weighted by molar-refractivity contribution is -0.158. The van der Waals surface area contributed by atoms with Gasteiger partial charge in [-0.15, -0.1) is 0 Å². The van der Waals surface area contributed by atoms with E-state index in [1.807, 2.05) is 0 Å². The molecule has 2 aliphatic rings. The van der Waals surface area contributed by atoms with Crippen LogP contribution in [-0.4, -0.2) is 60.1 Å².